The van der Waals surface area contributed by atoms with Gasteiger partial charge in [-0.25, -0.2) is 4.98 Å². The first-order chi connectivity index (χ1) is 11.9. The number of nitrogens with zero attached hydrogens (tertiary/aromatic N) is 4. The number of aromatic amines is 1. The third-order valence-electron chi connectivity index (χ3n) is 5.32. The van der Waals surface area contributed by atoms with Crippen LogP contribution in [0.1, 0.15) is 47.8 Å². The van der Waals surface area contributed by atoms with Gasteiger partial charge in [-0.05, 0) is 50.7 Å². The van der Waals surface area contributed by atoms with Crippen molar-refractivity contribution in [2.24, 2.45) is 12.8 Å². The number of nitrogens with two attached hydrogens (primary N) is 1. The largest absolute Gasteiger partial charge is 0.339 e. The maximum atomic E-state index is 12.3. The van der Waals surface area contributed by atoms with Gasteiger partial charge in [-0.2, -0.15) is 4.98 Å². The minimum atomic E-state index is -0.411. The first-order valence-electron chi connectivity index (χ1n) is 8.56. The summed E-state index contributed by atoms with van der Waals surface area (Å²) >= 11 is 0. The van der Waals surface area contributed by atoms with Crippen molar-refractivity contribution in [3.63, 3.8) is 0 Å². The summed E-state index contributed by atoms with van der Waals surface area (Å²) in [5, 5.41) is 7.67. The lowest BCUT2D eigenvalue weighted by Gasteiger charge is -2.34. The number of rotatable bonds is 4. The van der Waals surface area contributed by atoms with Gasteiger partial charge in [0.2, 0.25) is 5.89 Å². The SMILES string of the molecule is Cc1nc2[nH]n(C)c(=O)c2c(C)c1CCc1nc(C2(N)CCC2)no1. The van der Waals surface area contributed by atoms with Crippen molar-refractivity contribution >= 4 is 11.0 Å². The summed E-state index contributed by atoms with van der Waals surface area (Å²) in [6.45, 7) is 3.92. The van der Waals surface area contributed by atoms with Crippen LogP contribution in [0.2, 0.25) is 0 Å². The fourth-order valence-electron chi connectivity index (χ4n) is 3.55. The van der Waals surface area contributed by atoms with Gasteiger partial charge in [0.05, 0.1) is 10.9 Å². The molecule has 4 rings (SSSR count). The highest BCUT2D eigenvalue weighted by Gasteiger charge is 2.38. The van der Waals surface area contributed by atoms with E-state index in [1.165, 1.54) is 4.68 Å². The number of H-pyrrole nitrogens is 1. The molecule has 1 aliphatic rings. The average molecular weight is 342 g/mol. The van der Waals surface area contributed by atoms with Crippen molar-refractivity contribution in [3.05, 3.63) is 38.9 Å². The number of pyridine rings is 1. The maximum Gasteiger partial charge on any atom is 0.276 e. The second-order valence-corrected chi connectivity index (χ2v) is 7.02. The zero-order valence-electron chi connectivity index (χ0n) is 14.7. The summed E-state index contributed by atoms with van der Waals surface area (Å²) in [6.07, 6.45) is 4.20. The Balaban J connectivity index is 1.61. The van der Waals surface area contributed by atoms with E-state index in [0.717, 1.165) is 36.1 Å². The van der Waals surface area contributed by atoms with Crippen LogP contribution in [-0.4, -0.2) is 24.9 Å². The van der Waals surface area contributed by atoms with Crippen molar-refractivity contribution in [2.45, 2.75) is 51.5 Å². The number of hydrogen-bond acceptors (Lipinski definition) is 6. The molecule has 1 saturated carbocycles. The number of nitrogens with one attached hydrogen (secondary N) is 1. The van der Waals surface area contributed by atoms with Crippen LogP contribution in [0.15, 0.2) is 9.32 Å². The summed E-state index contributed by atoms with van der Waals surface area (Å²) in [5.41, 5.74) is 9.31. The molecule has 0 spiro atoms. The molecule has 3 N–H and O–H groups in total. The standard InChI is InChI=1S/C17H22N6O2/c1-9-11(10(2)19-14-13(9)15(24)23(3)21-14)5-6-12-20-16(22-25-12)17(18)7-4-8-17/h4-8,18H2,1-3H3,(H,19,21). The molecular weight excluding hydrogens is 320 g/mol. The molecule has 0 amide bonds. The van der Waals surface area contributed by atoms with Crippen LogP contribution in [0.5, 0.6) is 0 Å². The minimum Gasteiger partial charge on any atom is -0.339 e. The maximum absolute atomic E-state index is 12.3. The van der Waals surface area contributed by atoms with Crippen LogP contribution in [0.25, 0.3) is 11.0 Å². The second kappa shape index (κ2) is 5.52. The quantitative estimate of drug-likeness (QED) is 0.740. The van der Waals surface area contributed by atoms with E-state index < -0.39 is 5.54 Å². The summed E-state index contributed by atoms with van der Waals surface area (Å²) in [6, 6.07) is 0. The molecule has 1 aliphatic carbocycles. The molecule has 0 radical (unpaired) electrons. The molecule has 0 aliphatic heterocycles. The number of aryl methyl sites for hydroxylation is 4. The summed E-state index contributed by atoms with van der Waals surface area (Å²) in [4.78, 5) is 21.3. The third-order valence-corrected chi connectivity index (χ3v) is 5.32. The molecule has 3 aromatic heterocycles. The minimum absolute atomic E-state index is 0.0589. The van der Waals surface area contributed by atoms with Crippen LogP contribution in [0, 0.1) is 13.8 Å². The van der Waals surface area contributed by atoms with Gasteiger partial charge >= 0.3 is 0 Å². The van der Waals surface area contributed by atoms with E-state index in [-0.39, 0.29) is 5.56 Å². The van der Waals surface area contributed by atoms with Crippen LogP contribution in [-0.2, 0) is 25.4 Å². The van der Waals surface area contributed by atoms with Crippen LogP contribution in [0.4, 0.5) is 0 Å². The molecule has 25 heavy (non-hydrogen) atoms. The fraction of sp³-hybridized carbons (Fsp3) is 0.529. The lowest BCUT2D eigenvalue weighted by Crippen LogP contribution is -2.44. The molecule has 0 saturated heterocycles. The topological polar surface area (TPSA) is 116 Å². The predicted octanol–water partition coefficient (Wildman–Crippen LogP) is 1.38. The van der Waals surface area contributed by atoms with Gasteiger partial charge in [0, 0.05) is 19.2 Å². The molecular formula is C17H22N6O2. The molecule has 3 aromatic rings. The van der Waals surface area contributed by atoms with E-state index in [4.69, 9.17) is 10.3 Å². The van der Waals surface area contributed by atoms with Gasteiger partial charge < -0.3 is 10.3 Å². The average Bonchev–Trinajstić information content (AvgIpc) is 3.10. The predicted molar refractivity (Wildman–Crippen MR) is 92.2 cm³/mol. The highest BCUT2D eigenvalue weighted by Crippen LogP contribution is 2.36. The van der Waals surface area contributed by atoms with Gasteiger partial charge in [0.15, 0.2) is 11.5 Å². The Labute approximate surface area is 144 Å². The van der Waals surface area contributed by atoms with Crippen LogP contribution < -0.4 is 11.3 Å². The fourth-order valence-corrected chi connectivity index (χ4v) is 3.55. The first-order valence-corrected chi connectivity index (χ1v) is 8.56. The summed E-state index contributed by atoms with van der Waals surface area (Å²) in [7, 11) is 1.70. The summed E-state index contributed by atoms with van der Waals surface area (Å²) in [5.74, 6) is 1.18. The Bertz CT molecular complexity index is 1010. The van der Waals surface area contributed by atoms with Crippen LogP contribution in [0.3, 0.4) is 0 Å². The normalized spacial score (nSPS) is 16.3. The molecule has 8 nitrogen and oxygen atoms in total. The molecule has 0 bridgehead atoms. The Kier molecular flexibility index (Phi) is 3.54. The van der Waals surface area contributed by atoms with E-state index in [1.807, 2.05) is 13.8 Å². The number of hydrogen-bond donors (Lipinski definition) is 2. The molecule has 1 fully saturated rings. The zero-order valence-corrected chi connectivity index (χ0v) is 14.7. The van der Waals surface area contributed by atoms with Gasteiger partial charge in [0.25, 0.3) is 5.56 Å². The molecule has 0 unspecified atom stereocenters. The van der Waals surface area contributed by atoms with E-state index in [1.54, 1.807) is 7.05 Å². The molecule has 3 heterocycles. The molecule has 0 atom stereocenters. The highest BCUT2D eigenvalue weighted by atomic mass is 16.5. The van der Waals surface area contributed by atoms with Gasteiger partial charge in [-0.15, -0.1) is 0 Å². The smallest absolute Gasteiger partial charge is 0.276 e. The molecule has 8 heteroatoms. The molecule has 0 aromatic carbocycles. The van der Waals surface area contributed by atoms with Gasteiger partial charge in [-0.1, -0.05) is 5.16 Å². The number of fused-ring (bicyclic) bond motifs is 1. The van der Waals surface area contributed by atoms with Crippen LogP contribution >= 0.6 is 0 Å². The monoisotopic (exact) mass is 342 g/mol. The van der Waals surface area contributed by atoms with Crippen molar-refractivity contribution in [1.29, 1.82) is 0 Å². The van der Waals surface area contributed by atoms with Crippen molar-refractivity contribution in [1.82, 2.24) is 24.9 Å². The molecule has 132 valence electrons. The van der Waals surface area contributed by atoms with E-state index in [0.29, 0.717) is 35.6 Å². The number of aromatic nitrogens is 5. The summed E-state index contributed by atoms with van der Waals surface area (Å²) < 4.78 is 6.83. The van der Waals surface area contributed by atoms with Crippen molar-refractivity contribution in [3.8, 4) is 0 Å². The Morgan fingerprint density at radius 3 is 2.72 bits per heavy atom. The Morgan fingerprint density at radius 1 is 1.28 bits per heavy atom. The Hall–Kier alpha value is -2.48. The Morgan fingerprint density at radius 2 is 2.04 bits per heavy atom. The van der Waals surface area contributed by atoms with Crippen molar-refractivity contribution in [2.75, 3.05) is 0 Å². The lowest BCUT2D eigenvalue weighted by molar-refractivity contribution is 0.229. The second-order valence-electron chi connectivity index (χ2n) is 7.02. The van der Waals surface area contributed by atoms with E-state index in [9.17, 15) is 4.79 Å². The van der Waals surface area contributed by atoms with E-state index >= 15 is 0 Å². The van der Waals surface area contributed by atoms with E-state index in [2.05, 4.69) is 20.2 Å². The highest BCUT2D eigenvalue weighted by molar-refractivity contribution is 5.79. The van der Waals surface area contributed by atoms with Crippen molar-refractivity contribution < 1.29 is 4.52 Å². The first kappa shape index (κ1) is 16.0. The van der Waals surface area contributed by atoms with Gasteiger partial charge in [-0.3, -0.25) is 14.6 Å². The lowest BCUT2D eigenvalue weighted by atomic mass is 9.77. The third kappa shape index (κ3) is 2.48. The zero-order chi connectivity index (χ0) is 17.8. The van der Waals surface area contributed by atoms with Gasteiger partial charge in [0.1, 0.15) is 0 Å².